The van der Waals surface area contributed by atoms with Crippen LogP contribution in [0.25, 0.3) is 0 Å². The van der Waals surface area contributed by atoms with Crippen LogP contribution in [0.5, 0.6) is 0 Å². The first kappa shape index (κ1) is 13.5. The van der Waals surface area contributed by atoms with Gasteiger partial charge in [0, 0.05) is 12.6 Å². The lowest BCUT2D eigenvalue weighted by Crippen LogP contribution is -2.43. The van der Waals surface area contributed by atoms with Gasteiger partial charge in [-0.05, 0) is 46.3 Å². The molecule has 2 heterocycles. The molecule has 0 aromatic rings. The van der Waals surface area contributed by atoms with Gasteiger partial charge in [0.05, 0.1) is 12.5 Å². The second-order valence-corrected chi connectivity index (χ2v) is 5.78. The lowest BCUT2D eigenvalue weighted by atomic mass is 10.1. The first-order valence-corrected chi connectivity index (χ1v) is 6.77. The van der Waals surface area contributed by atoms with Crippen molar-refractivity contribution in [2.75, 3.05) is 26.7 Å². The smallest absolute Gasteiger partial charge is 0.247 e. The number of hydrogen-bond donors (Lipinski definition) is 1. The van der Waals surface area contributed by atoms with Crippen LogP contribution in [0.15, 0.2) is 0 Å². The summed E-state index contributed by atoms with van der Waals surface area (Å²) in [5.74, 6) is 0.503. The van der Waals surface area contributed by atoms with E-state index >= 15 is 0 Å². The summed E-state index contributed by atoms with van der Waals surface area (Å²) >= 11 is 0. The topological polar surface area (TPSA) is 52.7 Å². The summed E-state index contributed by atoms with van der Waals surface area (Å²) < 4.78 is 0. The molecule has 1 N–H and O–H groups in total. The highest BCUT2D eigenvalue weighted by Gasteiger charge is 2.39. The van der Waals surface area contributed by atoms with E-state index in [0.29, 0.717) is 12.3 Å². The van der Waals surface area contributed by atoms with Gasteiger partial charge in [-0.1, -0.05) is 0 Å². The van der Waals surface area contributed by atoms with Crippen molar-refractivity contribution in [1.82, 2.24) is 15.1 Å². The summed E-state index contributed by atoms with van der Waals surface area (Å²) in [6.45, 7) is 6.80. The monoisotopic (exact) mass is 253 g/mol. The van der Waals surface area contributed by atoms with Gasteiger partial charge in [-0.2, -0.15) is 0 Å². The van der Waals surface area contributed by atoms with E-state index in [-0.39, 0.29) is 23.9 Å². The first-order chi connectivity index (χ1) is 8.49. The average molecular weight is 253 g/mol. The lowest BCUT2D eigenvalue weighted by Gasteiger charge is -2.20. The minimum Gasteiger partial charge on any atom is -0.306 e. The molecule has 5 nitrogen and oxygen atoms in total. The number of imide groups is 1. The van der Waals surface area contributed by atoms with Crippen molar-refractivity contribution >= 4 is 11.8 Å². The van der Waals surface area contributed by atoms with Crippen LogP contribution in [0.4, 0.5) is 0 Å². The third kappa shape index (κ3) is 2.72. The maximum absolute atomic E-state index is 12.1. The molecule has 0 aromatic heterocycles. The van der Waals surface area contributed by atoms with E-state index in [0.717, 1.165) is 19.6 Å². The van der Waals surface area contributed by atoms with E-state index in [1.54, 1.807) is 0 Å². The molecule has 2 rings (SSSR count). The molecule has 0 aromatic carbocycles. The Hall–Kier alpha value is -0.940. The Balaban J connectivity index is 1.84. The van der Waals surface area contributed by atoms with Crippen LogP contribution < -0.4 is 5.32 Å². The minimum atomic E-state index is -0.300. The standard InChI is InChI=1S/C13H23N3O2/c1-9(2)16-12(17)6-11(13(16)18)14-7-10-4-5-15(3)8-10/h9-11,14H,4-8H2,1-3H3. The zero-order valence-electron chi connectivity index (χ0n) is 11.5. The van der Waals surface area contributed by atoms with Crippen LogP contribution in [-0.4, -0.2) is 60.4 Å². The van der Waals surface area contributed by atoms with Gasteiger partial charge in [-0.25, -0.2) is 0 Å². The number of hydrogen-bond acceptors (Lipinski definition) is 4. The molecule has 2 aliphatic heterocycles. The highest BCUT2D eigenvalue weighted by molar-refractivity contribution is 6.05. The molecule has 0 bridgehead atoms. The molecule has 0 saturated carbocycles. The summed E-state index contributed by atoms with van der Waals surface area (Å²) in [5, 5.41) is 3.27. The molecule has 0 aliphatic carbocycles. The predicted octanol–water partition coefficient (Wildman–Crippen LogP) is 0.0636. The van der Waals surface area contributed by atoms with E-state index in [2.05, 4.69) is 17.3 Å². The fourth-order valence-corrected chi connectivity index (χ4v) is 2.85. The zero-order valence-corrected chi connectivity index (χ0v) is 11.5. The molecular weight excluding hydrogens is 230 g/mol. The average Bonchev–Trinajstić information content (AvgIpc) is 2.80. The summed E-state index contributed by atoms with van der Waals surface area (Å²) in [5.41, 5.74) is 0. The molecule has 0 radical (unpaired) electrons. The van der Waals surface area contributed by atoms with Crippen molar-refractivity contribution in [2.45, 2.75) is 38.8 Å². The van der Waals surface area contributed by atoms with E-state index in [4.69, 9.17) is 0 Å². The minimum absolute atomic E-state index is 0.0330. The van der Waals surface area contributed by atoms with Crippen LogP contribution in [0.2, 0.25) is 0 Å². The van der Waals surface area contributed by atoms with Crippen LogP contribution in [0.1, 0.15) is 26.7 Å². The van der Waals surface area contributed by atoms with Gasteiger partial charge in [0.15, 0.2) is 0 Å². The highest BCUT2D eigenvalue weighted by Crippen LogP contribution is 2.18. The van der Waals surface area contributed by atoms with Gasteiger partial charge < -0.3 is 10.2 Å². The number of likely N-dealkylation sites (tertiary alicyclic amines) is 2. The van der Waals surface area contributed by atoms with E-state index in [1.165, 1.54) is 11.3 Å². The third-order valence-corrected chi connectivity index (χ3v) is 3.84. The molecule has 5 heteroatoms. The van der Waals surface area contributed by atoms with Gasteiger partial charge >= 0.3 is 0 Å². The molecule has 102 valence electrons. The number of amides is 2. The molecule has 2 amide bonds. The maximum Gasteiger partial charge on any atom is 0.247 e. The Bertz CT molecular complexity index is 343. The molecule has 2 aliphatic rings. The number of rotatable bonds is 4. The third-order valence-electron chi connectivity index (χ3n) is 3.84. The molecule has 2 unspecified atom stereocenters. The Morgan fingerprint density at radius 1 is 1.39 bits per heavy atom. The second kappa shape index (κ2) is 5.36. The van der Waals surface area contributed by atoms with E-state index < -0.39 is 0 Å². The number of carbonyl (C=O) groups is 2. The van der Waals surface area contributed by atoms with Crippen LogP contribution in [0.3, 0.4) is 0 Å². The molecule has 2 fully saturated rings. The Kier molecular flexibility index (Phi) is 4.02. The Morgan fingerprint density at radius 3 is 2.61 bits per heavy atom. The lowest BCUT2D eigenvalue weighted by molar-refractivity contribution is -0.140. The molecule has 2 saturated heterocycles. The van der Waals surface area contributed by atoms with Crippen molar-refractivity contribution in [3.63, 3.8) is 0 Å². The number of nitrogens with zero attached hydrogens (tertiary/aromatic N) is 2. The fourth-order valence-electron chi connectivity index (χ4n) is 2.85. The van der Waals surface area contributed by atoms with Crippen molar-refractivity contribution in [1.29, 1.82) is 0 Å². The molecule has 0 spiro atoms. The van der Waals surface area contributed by atoms with E-state index in [9.17, 15) is 9.59 Å². The highest BCUT2D eigenvalue weighted by atomic mass is 16.2. The number of carbonyl (C=O) groups excluding carboxylic acids is 2. The van der Waals surface area contributed by atoms with Crippen molar-refractivity contribution in [2.24, 2.45) is 5.92 Å². The van der Waals surface area contributed by atoms with Gasteiger partial charge in [0.1, 0.15) is 0 Å². The van der Waals surface area contributed by atoms with Gasteiger partial charge in [0.25, 0.3) is 0 Å². The predicted molar refractivity (Wildman–Crippen MR) is 69.0 cm³/mol. The fraction of sp³-hybridized carbons (Fsp3) is 0.846. The summed E-state index contributed by atoms with van der Waals surface area (Å²) in [6.07, 6.45) is 1.49. The molecular formula is C13H23N3O2. The Labute approximate surface area is 108 Å². The van der Waals surface area contributed by atoms with E-state index in [1.807, 2.05) is 13.8 Å². The first-order valence-electron chi connectivity index (χ1n) is 6.77. The number of nitrogens with one attached hydrogen (secondary N) is 1. The SMILES string of the molecule is CC(C)N1C(=O)CC(NCC2CCN(C)C2)C1=O. The summed E-state index contributed by atoms with van der Waals surface area (Å²) in [7, 11) is 2.12. The van der Waals surface area contributed by atoms with Crippen LogP contribution >= 0.6 is 0 Å². The zero-order chi connectivity index (χ0) is 13.3. The van der Waals surface area contributed by atoms with Crippen molar-refractivity contribution in [3.8, 4) is 0 Å². The van der Waals surface area contributed by atoms with Crippen molar-refractivity contribution < 1.29 is 9.59 Å². The second-order valence-electron chi connectivity index (χ2n) is 5.78. The largest absolute Gasteiger partial charge is 0.306 e. The van der Waals surface area contributed by atoms with Crippen LogP contribution in [-0.2, 0) is 9.59 Å². The van der Waals surface area contributed by atoms with Crippen molar-refractivity contribution in [3.05, 3.63) is 0 Å². The Morgan fingerprint density at radius 2 is 2.11 bits per heavy atom. The maximum atomic E-state index is 12.1. The van der Waals surface area contributed by atoms with Gasteiger partial charge in [0.2, 0.25) is 11.8 Å². The van der Waals surface area contributed by atoms with Crippen LogP contribution in [0, 0.1) is 5.92 Å². The van der Waals surface area contributed by atoms with Gasteiger partial charge in [-0.15, -0.1) is 0 Å². The van der Waals surface area contributed by atoms with Gasteiger partial charge in [-0.3, -0.25) is 14.5 Å². The normalized spacial score (nSPS) is 29.9. The quantitative estimate of drug-likeness (QED) is 0.720. The molecule has 18 heavy (non-hydrogen) atoms. The molecule has 2 atom stereocenters. The summed E-state index contributed by atoms with van der Waals surface area (Å²) in [6, 6.07) is -0.333. The summed E-state index contributed by atoms with van der Waals surface area (Å²) in [4.78, 5) is 27.5.